The Morgan fingerprint density at radius 2 is 2.10 bits per heavy atom. The fourth-order valence-electron chi connectivity index (χ4n) is 0.454. The quantitative estimate of drug-likeness (QED) is 0.700. The van der Waals surface area contributed by atoms with Gasteiger partial charge in [0.05, 0.1) is 0 Å². The first kappa shape index (κ1) is 10.6. The second kappa shape index (κ2) is 5.26. The van der Waals surface area contributed by atoms with Crippen molar-refractivity contribution in [3.63, 3.8) is 0 Å². The summed E-state index contributed by atoms with van der Waals surface area (Å²) in [5.41, 5.74) is 0. The first-order valence-corrected chi connectivity index (χ1v) is 8.19. The van der Waals surface area contributed by atoms with Crippen LogP contribution in [0.3, 0.4) is 0 Å². The fourth-order valence-corrected chi connectivity index (χ4v) is 2.23. The molecule has 56 valence electrons. The molecule has 1 rings (SSSR count). The number of aromatic nitrogens is 1. The van der Waals surface area contributed by atoms with E-state index in [1.54, 1.807) is 12.4 Å². The predicted octanol–water partition coefficient (Wildman–Crippen LogP) is 1.68. The van der Waals surface area contributed by atoms with Crippen molar-refractivity contribution in [3.05, 3.63) is 24.5 Å². The molecule has 0 spiro atoms. The summed E-state index contributed by atoms with van der Waals surface area (Å²) >= 11 is -1.71. The number of halogens is 3. The van der Waals surface area contributed by atoms with Crippen LogP contribution in [-0.4, -0.2) is 17.8 Å². The maximum atomic E-state index is 5.67. The summed E-state index contributed by atoms with van der Waals surface area (Å²) in [7, 11) is 11.3. The van der Waals surface area contributed by atoms with Crippen LogP contribution in [0.1, 0.15) is 0 Å². The summed E-state index contributed by atoms with van der Waals surface area (Å²) in [6, 6.07) is 3.73. The van der Waals surface area contributed by atoms with Crippen molar-refractivity contribution in [3.8, 4) is 0 Å². The van der Waals surface area contributed by atoms with Crippen molar-refractivity contribution >= 4 is 49.4 Å². The van der Waals surface area contributed by atoms with Gasteiger partial charge in [0, 0.05) is 0 Å². The first-order chi connectivity index (χ1) is 4.30. The van der Waals surface area contributed by atoms with Crippen LogP contribution in [0.5, 0.6) is 0 Å². The van der Waals surface area contributed by atoms with E-state index >= 15 is 0 Å². The molecule has 0 unspecified atom stereocenters. The van der Waals surface area contributed by atoms with Crippen molar-refractivity contribution in [2.45, 2.75) is 0 Å². The van der Waals surface area contributed by atoms with Gasteiger partial charge in [-0.15, -0.1) is 12.4 Å². The molecule has 0 saturated carbocycles. The molecule has 0 bridgehead atoms. The molecule has 0 fully saturated rings. The Hall–Kier alpha value is 0.578. The summed E-state index contributed by atoms with van der Waals surface area (Å²) in [6.07, 6.45) is 3.41. The van der Waals surface area contributed by atoms with Gasteiger partial charge in [0.15, 0.2) is 0 Å². The van der Waals surface area contributed by atoms with Gasteiger partial charge in [-0.05, 0) is 0 Å². The zero-order chi connectivity index (χ0) is 6.69. The summed E-state index contributed by atoms with van der Waals surface area (Å²) in [4.78, 5) is 3.87. The molecular formula is C5H5AsCl3N. The van der Waals surface area contributed by atoms with E-state index in [0.717, 1.165) is 4.35 Å². The molecular weight excluding hydrogens is 255 g/mol. The van der Waals surface area contributed by atoms with Gasteiger partial charge in [-0.1, -0.05) is 0 Å². The van der Waals surface area contributed by atoms with E-state index in [-0.39, 0.29) is 12.4 Å². The molecule has 0 aliphatic rings. The Bertz CT molecular complexity index is 180. The number of pyridine rings is 1. The molecule has 0 aliphatic heterocycles. The summed E-state index contributed by atoms with van der Waals surface area (Å²) in [5.74, 6) is 0. The minimum absolute atomic E-state index is 0. The maximum absolute atomic E-state index is 5.67. The van der Waals surface area contributed by atoms with Crippen LogP contribution in [0, 0.1) is 0 Å². The molecule has 1 heterocycles. The van der Waals surface area contributed by atoms with E-state index in [1.807, 2.05) is 12.1 Å². The molecule has 0 radical (unpaired) electrons. The molecule has 0 atom stereocenters. The second-order valence-electron chi connectivity index (χ2n) is 1.44. The Morgan fingerprint density at radius 1 is 1.40 bits per heavy atom. The number of hydrogen-bond donors (Lipinski definition) is 0. The molecule has 0 amide bonds. The topological polar surface area (TPSA) is 12.9 Å². The minimum atomic E-state index is -1.71. The molecule has 0 N–H and O–H groups in total. The average molecular weight is 260 g/mol. The number of nitrogens with zero attached hydrogens (tertiary/aromatic N) is 1. The Labute approximate surface area is 78.7 Å². The van der Waals surface area contributed by atoms with E-state index < -0.39 is 12.8 Å². The van der Waals surface area contributed by atoms with Crippen molar-refractivity contribution in [1.29, 1.82) is 0 Å². The van der Waals surface area contributed by atoms with Gasteiger partial charge >= 0.3 is 66.5 Å². The van der Waals surface area contributed by atoms with Crippen LogP contribution in [0.4, 0.5) is 0 Å². The van der Waals surface area contributed by atoms with Gasteiger partial charge in [0.2, 0.25) is 0 Å². The molecule has 0 aliphatic carbocycles. The van der Waals surface area contributed by atoms with Crippen molar-refractivity contribution in [2.75, 3.05) is 0 Å². The van der Waals surface area contributed by atoms with E-state index in [4.69, 9.17) is 19.9 Å². The third-order valence-corrected chi connectivity index (χ3v) is 4.24. The third kappa shape index (κ3) is 3.11. The summed E-state index contributed by atoms with van der Waals surface area (Å²) in [6.45, 7) is 0. The van der Waals surface area contributed by atoms with Gasteiger partial charge in [0.1, 0.15) is 0 Å². The van der Waals surface area contributed by atoms with Crippen molar-refractivity contribution < 1.29 is 0 Å². The molecule has 1 nitrogen and oxygen atoms in total. The van der Waals surface area contributed by atoms with Crippen LogP contribution in [0.25, 0.3) is 0 Å². The van der Waals surface area contributed by atoms with Gasteiger partial charge in [0.25, 0.3) is 0 Å². The Balaban J connectivity index is 0.000000810. The summed E-state index contributed by atoms with van der Waals surface area (Å²) < 4.78 is 0.980. The molecule has 1 aromatic heterocycles. The molecule has 1 aromatic rings. The van der Waals surface area contributed by atoms with Crippen molar-refractivity contribution in [1.82, 2.24) is 4.98 Å². The Morgan fingerprint density at radius 3 is 2.40 bits per heavy atom. The van der Waals surface area contributed by atoms with Crippen molar-refractivity contribution in [2.24, 2.45) is 0 Å². The first-order valence-electron chi connectivity index (χ1n) is 2.32. The standard InChI is InChI=1S/C5H4AsCl2N.ClH/c7-6(8)5-2-1-3-9-4-5;/h1-4H;1H. The molecule has 5 heteroatoms. The number of rotatable bonds is 1. The van der Waals surface area contributed by atoms with Gasteiger partial charge in [-0.3, -0.25) is 0 Å². The van der Waals surface area contributed by atoms with Crippen LogP contribution >= 0.6 is 32.3 Å². The zero-order valence-electron chi connectivity index (χ0n) is 4.87. The summed E-state index contributed by atoms with van der Waals surface area (Å²) in [5, 5.41) is 0. The van der Waals surface area contributed by atoms with Crippen LogP contribution in [-0.2, 0) is 0 Å². The molecule has 10 heavy (non-hydrogen) atoms. The van der Waals surface area contributed by atoms with Gasteiger partial charge < -0.3 is 0 Å². The zero-order valence-corrected chi connectivity index (χ0v) is 9.07. The normalized spacial score (nSPS) is 9.10. The van der Waals surface area contributed by atoms with Gasteiger partial charge in [-0.25, -0.2) is 0 Å². The monoisotopic (exact) mass is 259 g/mol. The average Bonchev–Trinajstić information content (AvgIpc) is 1.90. The van der Waals surface area contributed by atoms with E-state index in [9.17, 15) is 0 Å². The van der Waals surface area contributed by atoms with Gasteiger partial charge in [-0.2, -0.15) is 0 Å². The van der Waals surface area contributed by atoms with Crippen LogP contribution in [0.2, 0.25) is 0 Å². The van der Waals surface area contributed by atoms with E-state index in [0.29, 0.717) is 0 Å². The Kier molecular flexibility index (Phi) is 5.56. The SMILES string of the molecule is Cl.Cl[As](Cl)c1cccnc1. The number of hydrogen-bond acceptors (Lipinski definition) is 1. The molecule has 0 aromatic carbocycles. The predicted molar refractivity (Wildman–Crippen MR) is 48.6 cm³/mol. The third-order valence-electron chi connectivity index (χ3n) is 0.841. The van der Waals surface area contributed by atoms with E-state index in [2.05, 4.69) is 4.98 Å². The van der Waals surface area contributed by atoms with Crippen LogP contribution < -0.4 is 4.35 Å². The second-order valence-corrected chi connectivity index (χ2v) is 7.92. The fraction of sp³-hybridized carbons (Fsp3) is 0. The van der Waals surface area contributed by atoms with E-state index in [1.165, 1.54) is 0 Å². The van der Waals surface area contributed by atoms with Crippen LogP contribution in [0.15, 0.2) is 24.5 Å². The molecule has 0 saturated heterocycles.